The molecule has 1 N–H and O–H groups in total. The Hall–Kier alpha value is -1.31. The van der Waals surface area contributed by atoms with E-state index >= 15 is 0 Å². The lowest BCUT2D eigenvalue weighted by atomic mass is 9.55. The molecule has 0 saturated heterocycles. The Bertz CT molecular complexity index is 577. The first kappa shape index (κ1) is 12.4. The second-order valence-corrected chi connectivity index (χ2v) is 7.22. The van der Waals surface area contributed by atoms with E-state index in [4.69, 9.17) is 0 Å². The van der Waals surface area contributed by atoms with Crippen LogP contribution in [0.5, 0.6) is 5.75 Å². The topological polar surface area (TPSA) is 37.3 Å². The molecule has 4 atom stereocenters. The first-order chi connectivity index (χ1) is 9.59. The molecule has 2 heteroatoms. The van der Waals surface area contributed by atoms with Gasteiger partial charge in [0.15, 0.2) is 0 Å². The molecule has 0 aliphatic heterocycles. The van der Waals surface area contributed by atoms with Crippen LogP contribution in [-0.4, -0.2) is 10.9 Å². The van der Waals surface area contributed by atoms with Crippen LogP contribution in [0, 0.1) is 17.3 Å². The van der Waals surface area contributed by atoms with Crippen LogP contribution in [-0.2, 0) is 11.2 Å². The summed E-state index contributed by atoms with van der Waals surface area (Å²) >= 11 is 0. The van der Waals surface area contributed by atoms with Crippen molar-refractivity contribution in [2.24, 2.45) is 17.3 Å². The third-order valence-electron chi connectivity index (χ3n) is 6.42. The fourth-order valence-corrected chi connectivity index (χ4v) is 5.34. The highest BCUT2D eigenvalue weighted by Gasteiger charge is 2.54. The van der Waals surface area contributed by atoms with Gasteiger partial charge in [-0.05, 0) is 73.1 Å². The molecule has 0 aromatic heterocycles. The number of aryl methyl sites for hydroxylation is 1. The highest BCUT2D eigenvalue weighted by atomic mass is 16.3. The molecule has 20 heavy (non-hydrogen) atoms. The zero-order valence-corrected chi connectivity index (χ0v) is 12.1. The second kappa shape index (κ2) is 4.09. The Morgan fingerprint density at radius 1 is 1.20 bits per heavy atom. The molecule has 2 saturated carbocycles. The number of hydrogen-bond donors (Lipinski definition) is 1. The minimum atomic E-state index is -0.0322. The van der Waals surface area contributed by atoms with Gasteiger partial charge in [-0.2, -0.15) is 0 Å². The van der Waals surface area contributed by atoms with Crippen molar-refractivity contribution in [2.45, 2.75) is 51.4 Å². The van der Waals surface area contributed by atoms with Gasteiger partial charge >= 0.3 is 0 Å². The Balaban J connectivity index is 1.73. The monoisotopic (exact) mass is 270 g/mol. The molecule has 0 bridgehead atoms. The van der Waals surface area contributed by atoms with Gasteiger partial charge in [-0.3, -0.25) is 4.79 Å². The van der Waals surface area contributed by atoms with Gasteiger partial charge in [-0.15, -0.1) is 0 Å². The molecular weight excluding hydrogens is 248 g/mol. The zero-order chi connectivity index (χ0) is 13.9. The van der Waals surface area contributed by atoms with E-state index in [0.29, 0.717) is 29.3 Å². The molecule has 0 spiro atoms. The van der Waals surface area contributed by atoms with Gasteiger partial charge in [0, 0.05) is 11.8 Å². The smallest absolute Gasteiger partial charge is 0.139 e. The Morgan fingerprint density at radius 3 is 2.90 bits per heavy atom. The number of carbonyl (C=O) groups excluding carboxylic acids is 1. The van der Waals surface area contributed by atoms with Crippen LogP contribution in [0.1, 0.15) is 56.1 Å². The normalized spacial score (nSPS) is 39.0. The minimum Gasteiger partial charge on any atom is -0.508 e. The van der Waals surface area contributed by atoms with Crippen LogP contribution in [0.4, 0.5) is 0 Å². The van der Waals surface area contributed by atoms with E-state index in [9.17, 15) is 9.90 Å². The second-order valence-electron chi connectivity index (χ2n) is 7.22. The van der Waals surface area contributed by atoms with Crippen molar-refractivity contribution in [3.8, 4) is 5.75 Å². The largest absolute Gasteiger partial charge is 0.508 e. The van der Waals surface area contributed by atoms with E-state index in [1.54, 1.807) is 0 Å². The standard InChI is InChI=1S/C18H22O2/c1-18-9-8-14-13-5-3-12(19)10-11(13)2-4-15(14)16(18)6-7-17(18)20/h3,5,10,14-16,19H,2,4,6-9H2,1H3/t14?,15-,16+,18+/m1/s1. The van der Waals surface area contributed by atoms with Gasteiger partial charge in [-0.1, -0.05) is 13.0 Å². The van der Waals surface area contributed by atoms with Gasteiger partial charge in [0.2, 0.25) is 0 Å². The summed E-state index contributed by atoms with van der Waals surface area (Å²) in [6.45, 7) is 2.22. The molecule has 3 aliphatic carbocycles. The fraction of sp³-hybridized carbons (Fsp3) is 0.611. The van der Waals surface area contributed by atoms with E-state index in [2.05, 4.69) is 13.0 Å². The average Bonchev–Trinajstić information content (AvgIpc) is 2.74. The molecule has 2 nitrogen and oxygen atoms in total. The van der Waals surface area contributed by atoms with Gasteiger partial charge < -0.3 is 5.11 Å². The molecule has 0 radical (unpaired) electrons. The van der Waals surface area contributed by atoms with Gasteiger partial charge in [-0.25, -0.2) is 0 Å². The number of carbonyl (C=O) groups is 1. The van der Waals surface area contributed by atoms with Crippen LogP contribution < -0.4 is 0 Å². The number of benzene rings is 1. The molecule has 3 aliphatic rings. The number of fused-ring (bicyclic) bond motifs is 5. The summed E-state index contributed by atoms with van der Waals surface area (Å²) in [6, 6.07) is 5.90. The zero-order valence-electron chi connectivity index (χ0n) is 12.1. The molecule has 4 rings (SSSR count). The predicted octanol–water partition coefficient (Wildman–Crippen LogP) is 3.82. The van der Waals surface area contributed by atoms with Crippen molar-refractivity contribution in [1.82, 2.24) is 0 Å². The average molecular weight is 270 g/mol. The third-order valence-corrected chi connectivity index (χ3v) is 6.42. The molecule has 1 aromatic rings. The lowest BCUT2D eigenvalue weighted by molar-refractivity contribution is -0.129. The lowest BCUT2D eigenvalue weighted by Crippen LogP contribution is -2.42. The van der Waals surface area contributed by atoms with Gasteiger partial charge in [0.1, 0.15) is 11.5 Å². The molecular formula is C18H22O2. The van der Waals surface area contributed by atoms with Crippen LogP contribution >= 0.6 is 0 Å². The van der Waals surface area contributed by atoms with E-state index < -0.39 is 0 Å². The van der Waals surface area contributed by atoms with Gasteiger partial charge in [0.05, 0.1) is 0 Å². The van der Waals surface area contributed by atoms with Crippen molar-refractivity contribution in [1.29, 1.82) is 0 Å². The van der Waals surface area contributed by atoms with E-state index in [-0.39, 0.29) is 5.41 Å². The maximum Gasteiger partial charge on any atom is 0.139 e. The summed E-state index contributed by atoms with van der Waals surface area (Å²) in [7, 11) is 0. The maximum atomic E-state index is 12.3. The number of ketones is 1. The molecule has 0 amide bonds. The van der Waals surface area contributed by atoms with Crippen molar-refractivity contribution in [3.63, 3.8) is 0 Å². The lowest BCUT2D eigenvalue weighted by Gasteiger charge is -2.48. The van der Waals surface area contributed by atoms with Gasteiger partial charge in [0.25, 0.3) is 0 Å². The van der Waals surface area contributed by atoms with Crippen molar-refractivity contribution < 1.29 is 9.90 Å². The molecule has 2 fully saturated rings. The highest BCUT2D eigenvalue weighted by Crippen LogP contribution is 2.59. The van der Waals surface area contributed by atoms with Crippen molar-refractivity contribution in [3.05, 3.63) is 29.3 Å². The summed E-state index contributed by atoms with van der Waals surface area (Å²) in [5.41, 5.74) is 2.75. The van der Waals surface area contributed by atoms with Crippen molar-refractivity contribution >= 4 is 5.78 Å². The Kier molecular flexibility index (Phi) is 2.55. The van der Waals surface area contributed by atoms with Crippen molar-refractivity contribution in [2.75, 3.05) is 0 Å². The molecule has 106 valence electrons. The van der Waals surface area contributed by atoms with E-state index in [1.165, 1.54) is 17.5 Å². The summed E-state index contributed by atoms with van der Waals surface area (Å²) in [5.74, 6) is 2.78. The summed E-state index contributed by atoms with van der Waals surface area (Å²) in [4.78, 5) is 12.3. The minimum absolute atomic E-state index is 0.0322. The molecule has 1 aromatic carbocycles. The predicted molar refractivity (Wildman–Crippen MR) is 77.7 cm³/mol. The van der Waals surface area contributed by atoms with Crippen LogP contribution in [0.15, 0.2) is 18.2 Å². The quantitative estimate of drug-likeness (QED) is 0.778. The SMILES string of the molecule is C[C@]12CCC3c4ccc(O)cc4CC[C@H]3[C@@H]1CCC2=O. The van der Waals surface area contributed by atoms with Crippen LogP contribution in [0.3, 0.4) is 0 Å². The summed E-state index contributed by atoms with van der Waals surface area (Å²) < 4.78 is 0. The Labute approximate surface area is 120 Å². The van der Waals surface area contributed by atoms with E-state index in [1.807, 2.05) is 12.1 Å². The number of Topliss-reactive ketones (excluding diaryl/α,β-unsaturated/α-hetero) is 1. The third kappa shape index (κ3) is 1.54. The Morgan fingerprint density at radius 2 is 2.05 bits per heavy atom. The fourth-order valence-electron chi connectivity index (χ4n) is 5.34. The molecule has 1 unspecified atom stereocenters. The number of hydrogen-bond acceptors (Lipinski definition) is 2. The summed E-state index contributed by atoms with van der Waals surface area (Å²) in [5, 5.41) is 9.67. The maximum absolute atomic E-state index is 12.3. The number of rotatable bonds is 0. The van der Waals surface area contributed by atoms with E-state index in [0.717, 1.165) is 32.1 Å². The first-order valence-corrected chi connectivity index (χ1v) is 7.95. The number of phenolic OH excluding ortho intramolecular Hbond substituents is 1. The molecule has 0 heterocycles. The van der Waals surface area contributed by atoms with Crippen LogP contribution in [0.25, 0.3) is 0 Å². The summed E-state index contributed by atoms with van der Waals surface area (Å²) in [6.07, 6.45) is 6.34. The number of phenols is 1. The first-order valence-electron chi connectivity index (χ1n) is 7.95. The highest BCUT2D eigenvalue weighted by molar-refractivity contribution is 5.87. The van der Waals surface area contributed by atoms with Crippen LogP contribution in [0.2, 0.25) is 0 Å². The number of aromatic hydroxyl groups is 1.